The molecule has 1 saturated carbocycles. The molecular formula is C29H40O2. The molecule has 31 heavy (non-hydrogen) atoms. The summed E-state index contributed by atoms with van der Waals surface area (Å²) < 4.78 is 6.74. The Kier molecular flexibility index (Phi) is 6.34. The molecule has 0 bridgehead atoms. The normalized spacial score (nSPS) is 30.0. The van der Waals surface area contributed by atoms with Crippen molar-refractivity contribution < 1.29 is 9.84 Å². The molecule has 2 nitrogen and oxygen atoms in total. The van der Waals surface area contributed by atoms with E-state index in [1.54, 1.807) is 11.1 Å². The van der Waals surface area contributed by atoms with Crippen LogP contribution in [0.25, 0.3) is 0 Å². The second-order valence-corrected chi connectivity index (χ2v) is 11.0. The Morgan fingerprint density at radius 2 is 1.65 bits per heavy atom. The summed E-state index contributed by atoms with van der Waals surface area (Å²) in [4.78, 5) is 0. The van der Waals surface area contributed by atoms with Crippen molar-refractivity contribution in [1.82, 2.24) is 0 Å². The topological polar surface area (TPSA) is 29.5 Å². The summed E-state index contributed by atoms with van der Waals surface area (Å²) in [5.41, 5.74) is 4.81. The highest BCUT2D eigenvalue weighted by molar-refractivity contribution is 5.39. The van der Waals surface area contributed by atoms with Gasteiger partial charge in [0.2, 0.25) is 0 Å². The number of ether oxygens (including phenoxy) is 1. The quantitative estimate of drug-likeness (QED) is 0.553. The molecule has 0 aromatic heterocycles. The van der Waals surface area contributed by atoms with Crippen LogP contribution in [-0.2, 0) is 16.6 Å². The molecule has 2 aromatic rings. The van der Waals surface area contributed by atoms with Crippen molar-refractivity contribution >= 4 is 0 Å². The van der Waals surface area contributed by atoms with Crippen LogP contribution in [0, 0.1) is 17.3 Å². The summed E-state index contributed by atoms with van der Waals surface area (Å²) in [5, 5.41) is 9.92. The number of rotatable bonds is 6. The molecule has 168 valence electrons. The van der Waals surface area contributed by atoms with E-state index in [1.165, 1.54) is 24.8 Å². The summed E-state index contributed by atoms with van der Waals surface area (Å²) in [6, 6.07) is 19.9. The maximum absolute atomic E-state index is 9.92. The largest absolute Gasteiger partial charge is 0.393 e. The van der Waals surface area contributed by atoms with Crippen LogP contribution in [0.4, 0.5) is 0 Å². The molecule has 0 saturated heterocycles. The SMILES string of the molecule is CC(O)CC(C)O[C@H](c1ccccc1)C1CCC2(C)c3ccccc3CCC2C1(C)C. The molecule has 4 rings (SSSR count). The Hall–Kier alpha value is -1.64. The van der Waals surface area contributed by atoms with Crippen molar-refractivity contribution in [2.24, 2.45) is 17.3 Å². The molecule has 0 aliphatic heterocycles. The van der Waals surface area contributed by atoms with Gasteiger partial charge in [0.15, 0.2) is 0 Å². The lowest BCUT2D eigenvalue weighted by molar-refractivity contribution is -0.123. The summed E-state index contributed by atoms with van der Waals surface area (Å²) in [7, 11) is 0. The first-order valence-corrected chi connectivity index (χ1v) is 12.2. The Morgan fingerprint density at radius 1 is 0.968 bits per heavy atom. The van der Waals surface area contributed by atoms with Gasteiger partial charge in [0.25, 0.3) is 0 Å². The van der Waals surface area contributed by atoms with Gasteiger partial charge in [-0.3, -0.25) is 0 Å². The number of aryl methyl sites for hydroxylation is 1. The van der Waals surface area contributed by atoms with Crippen molar-refractivity contribution in [3.05, 3.63) is 71.3 Å². The van der Waals surface area contributed by atoms with E-state index >= 15 is 0 Å². The number of aliphatic hydroxyl groups is 1. The number of fused-ring (bicyclic) bond motifs is 3. The standard InChI is InChI=1S/C29H40O2/c1-20(30)19-21(2)31-27(23-12-7-6-8-13-23)25-17-18-29(5)24-14-10-9-11-22(24)15-16-26(29)28(25,3)4/h6-14,20-21,25-27,30H,15-19H2,1-5H3/t20?,21?,25?,26?,27-,29?/m1/s1. The van der Waals surface area contributed by atoms with Crippen molar-refractivity contribution in [3.63, 3.8) is 0 Å². The summed E-state index contributed by atoms with van der Waals surface area (Å²) in [5.74, 6) is 1.09. The lowest BCUT2D eigenvalue weighted by Crippen LogP contribution is -2.53. The predicted molar refractivity (Wildman–Crippen MR) is 128 cm³/mol. The third kappa shape index (κ3) is 4.22. The van der Waals surface area contributed by atoms with Crippen LogP contribution in [-0.4, -0.2) is 17.3 Å². The van der Waals surface area contributed by atoms with Crippen molar-refractivity contribution in [3.8, 4) is 0 Å². The zero-order valence-electron chi connectivity index (χ0n) is 20.0. The van der Waals surface area contributed by atoms with Gasteiger partial charge in [-0.25, -0.2) is 0 Å². The van der Waals surface area contributed by atoms with E-state index in [9.17, 15) is 5.11 Å². The van der Waals surface area contributed by atoms with Gasteiger partial charge >= 0.3 is 0 Å². The summed E-state index contributed by atoms with van der Waals surface area (Å²) in [6.45, 7) is 11.5. The van der Waals surface area contributed by atoms with Gasteiger partial charge in [-0.15, -0.1) is 0 Å². The fraction of sp³-hybridized carbons (Fsp3) is 0.586. The van der Waals surface area contributed by atoms with Crippen LogP contribution in [0.5, 0.6) is 0 Å². The van der Waals surface area contributed by atoms with Crippen molar-refractivity contribution in [1.29, 1.82) is 0 Å². The van der Waals surface area contributed by atoms with E-state index in [-0.39, 0.29) is 29.1 Å². The molecule has 2 aliphatic rings. The number of hydrogen-bond acceptors (Lipinski definition) is 2. The summed E-state index contributed by atoms with van der Waals surface area (Å²) in [6.07, 6.45) is 5.22. The third-order valence-electron chi connectivity index (χ3n) is 8.48. The third-order valence-corrected chi connectivity index (χ3v) is 8.48. The monoisotopic (exact) mass is 420 g/mol. The van der Waals surface area contributed by atoms with E-state index < -0.39 is 0 Å². The molecule has 1 fully saturated rings. The minimum Gasteiger partial charge on any atom is -0.393 e. The van der Waals surface area contributed by atoms with Gasteiger partial charge < -0.3 is 9.84 Å². The Bertz CT molecular complexity index is 871. The van der Waals surface area contributed by atoms with E-state index in [2.05, 4.69) is 82.3 Å². The Labute approximate surface area is 189 Å². The van der Waals surface area contributed by atoms with E-state index in [0.717, 1.165) is 6.42 Å². The molecular weight excluding hydrogens is 380 g/mol. The van der Waals surface area contributed by atoms with E-state index in [4.69, 9.17) is 4.74 Å². The van der Waals surface area contributed by atoms with Crippen molar-refractivity contribution in [2.75, 3.05) is 0 Å². The highest BCUT2D eigenvalue weighted by Gasteiger charge is 2.55. The minimum absolute atomic E-state index is 0.0291. The fourth-order valence-electron chi connectivity index (χ4n) is 7.07. The smallest absolute Gasteiger partial charge is 0.0861 e. The number of benzene rings is 2. The average molecular weight is 421 g/mol. The molecule has 0 heterocycles. The molecule has 0 radical (unpaired) electrons. The molecule has 0 amide bonds. The van der Waals surface area contributed by atoms with Gasteiger partial charge in [-0.1, -0.05) is 75.4 Å². The first-order valence-electron chi connectivity index (χ1n) is 12.2. The first-order chi connectivity index (χ1) is 14.7. The zero-order valence-corrected chi connectivity index (χ0v) is 20.0. The maximum atomic E-state index is 9.92. The van der Waals surface area contributed by atoms with E-state index in [1.807, 2.05) is 6.92 Å². The molecule has 2 heteroatoms. The Balaban J connectivity index is 1.68. The highest BCUT2D eigenvalue weighted by Crippen LogP contribution is 2.61. The molecule has 1 N–H and O–H groups in total. The molecule has 0 spiro atoms. The summed E-state index contributed by atoms with van der Waals surface area (Å²) >= 11 is 0. The van der Waals surface area contributed by atoms with Gasteiger partial charge in [-0.2, -0.15) is 0 Å². The first kappa shape index (κ1) is 22.6. The lowest BCUT2D eigenvalue weighted by atomic mass is 9.46. The molecule has 2 aliphatic carbocycles. The number of aliphatic hydroxyl groups excluding tert-OH is 1. The molecule has 6 atom stereocenters. The van der Waals surface area contributed by atoms with Crippen molar-refractivity contribution in [2.45, 2.75) is 90.4 Å². The zero-order chi connectivity index (χ0) is 22.2. The van der Waals surface area contributed by atoms with Gasteiger partial charge in [0.05, 0.1) is 18.3 Å². The lowest BCUT2D eigenvalue weighted by Gasteiger charge is -2.59. The second kappa shape index (κ2) is 8.71. The van der Waals surface area contributed by atoms with E-state index in [0.29, 0.717) is 18.3 Å². The molecule has 5 unspecified atom stereocenters. The maximum Gasteiger partial charge on any atom is 0.0861 e. The molecule has 2 aromatic carbocycles. The van der Waals surface area contributed by atoms with Crippen LogP contribution in [0.15, 0.2) is 54.6 Å². The second-order valence-electron chi connectivity index (χ2n) is 11.0. The van der Waals surface area contributed by atoms with Gasteiger partial charge in [-0.05, 0) is 85.3 Å². The predicted octanol–water partition coefficient (Wildman–Crippen LogP) is 6.86. The van der Waals surface area contributed by atoms with Gasteiger partial charge in [0.1, 0.15) is 0 Å². The van der Waals surface area contributed by atoms with Crippen LogP contribution in [0.1, 0.15) is 83.1 Å². The van der Waals surface area contributed by atoms with Crippen LogP contribution < -0.4 is 0 Å². The van der Waals surface area contributed by atoms with Crippen LogP contribution >= 0.6 is 0 Å². The Morgan fingerprint density at radius 3 is 2.35 bits per heavy atom. The van der Waals surface area contributed by atoms with Crippen LogP contribution in [0.3, 0.4) is 0 Å². The fourth-order valence-corrected chi connectivity index (χ4v) is 7.07. The van der Waals surface area contributed by atoms with Gasteiger partial charge in [0, 0.05) is 0 Å². The average Bonchev–Trinajstić information content (AvgIpc) is 2.72. The minimum atomic E-state index is -0.344. The highest BCUT2D eigenvalue weighted by atomic mass is 16.5. The number of hydrogen-bond donors (Lipinski definition) is 1. The van der Waals surface area contributed by atoms with Crippen LogP contribution in [0.2, 0.25) is 0 Å².